The van der Waals surface area contributed by atoms with Gasteiger partial charge in [0.1, 0.15) is 17.1 Å². The minimum atomic E-state index is -0.568. The summed E-state index contributed by atoms with van der Waals surface area (Å²) in [6.07, 6.45) is 0.558. The Morgan fingerprint density at radius 3 is 2.60 bits per heavy atom. The fourth-order valence-corrected chi connectivity index (χ4v) is 1.56. The minimum absolute atomic E-state index is 0.0995. The van der Waals surface area contributed by atoms with Gasteiger partial charge >= 0.3 is 5.97 Å². The zero-order chi connectivity index (χ0) is 14.5. The topological polar surface area (TPSA) is 75.0 Å². The van der Waals surface area contributed by atoms with Gasteiger partial charge in [0.25, 0.3) is 5.95 Å². The van der Waals surface area contributed by atoms with E-state index in [9.17, 15) is 9.59 Å². The van der Waals surface area contributed by atoms with E-state index in [-0.39, 0.29) is 23.0 Å². The second-order valence-corrected chi connectivity index (χ2v) is 3.73. The maximum Gasteiger partial charge on any atom is 0.341 e. The van der Waals surface area contributed by atoms with E-state index in [0.29, 0.717) is 12.0 Å². The number of carbonyl (C=O) groups is 2. The Bertz CT molecular complexity index is 628. The molecule has 0 fully saturated rings. The number of rotatable bonds is 5. The van der Waals surface area contributed by atoms with Crippen molar-refractivity contribution in [1.29, 1.82) is 0 Å². The van der Waals surface area contributed by atoms with Crippen LogP contribution in [0, 0.1) is 0 Å². The molecule has 0 unspecified atom stereocenters. The molecule has 2 rings (SSSR count). The summed E-state index contributed by atoms with van der Waals surface area (Å²) in [7, 11) is 2.75. The van der Waals surface area contributed by atoms with Gasteiger partial charge in [-0.05, 0) is 24.3 Å². The fraction of sp³-hybridized carbons (Fsp3) is 0.143. The van der Waals surface area contributed by atoms with E-state index in [1.807, 2.05) is 0 Å². The predicted molar refractivity (Wildman–Crippen MR) is 68.5 cm³/mol. The van der Waals surface area contributed by atoms with Gasteiger partial charge in [0, 0.05) is 6.07 Å². The number of methoxy groups -OCH3 is 2. The van der Waals surface area contributed by atoms with Crippen LogP contribution in [0.2, 0.25) is 0 Å². The van der Waals surface area contributed by atoms with Crippen LogP contribution in [0.3, 0.4) is 0 Å². The Hall–Kier alpha value is -2.76. The quantitative estimate of drug-likeness (QED) is 0.617. The zero-order valence-electron chi connectivity index (χ0n) is 10.9. The average molecular weight is 276 g/mol. The van der Waals surface area contributed by atoms with Crippen LogP contribution >= 0.6 is 0 Å². The second kappa shape index (κ2) is 5.92. The molecule has 0 aliphatic carbocycles. The van der Waals surface area contributed by atoms with Crippen LogP contribution in [0.4, 0.5) is 0 Å². The van der Waals surface area contributed by atoms with Crippen molar-refractivity contribution in [2.24, 2.45) is 0 Å². The molecule has 0 amide bonds. The van der Waals surface area contributed by atoms with Crippen molar-refractivity contribution >= 4 is 12.3 Å². The monoisotopic (exact) mass is 276 g/mol. The molecule has 0 saturated heterocycles. The van der Waals surface area contributed by atoms with Crippen LogP contribution in [0.15, 0.2) is 34.7 Å². The Morgan fingerprint density at radius 1 is 1.20 bits per heavy atom. The number of benzene rings is 1. The van der Waals surface area contributed by atoms with Crippen molar-refractivity contribution in [2.45, 2.75) is 0 Å². The van der Waals surface area contributed by atoms with Gasteiger partial charge in [0.05, 0.1) is 14.2 Å². The van der Waals surface area contributed by atoms with E-state index in [1.54, 1.807) is 12.1 Å². The molecule has 0 spiro atoms. The molecular weight excluding hydrogens is 264 g/mol. The highest BCUT2D eigenvalue weighted by molar-refractivity contribution is 5.93. The lowest BCUT2D eigenvalue weighted by atomic mass is 10.2. The summed E-state index contributed by atoms with van der Waals surface area (Å²) >= 11 is 0. The molecule has 1 aromatic heterocycles. The third kappa shape index (κ3) is 2.80. The van der Waals surface area contributed by atoms with E-state index in [1.165, 1.54) is 32.4 Å². The van der Waals surface area contributed by atoms with Crippen LogP contribution in [0.5, 0.6) is 17.4 Å². The smallest absolute Gasteiger partial charge is 0.341 e. The standard InChI is InChI=1S/C14H12O6/c1-17-9-3-5-12(11(7-9)14(16)18-2)20-13-6-4-10(8-15)19-13/h3-8H,1-2H3. The summed E-state index contributed by atoms with van der Waals surface area (Å²) in [6.45, 7) is 0. The van der Waals surface area contributed by atoms with Crippen LogP contribution in [-0.4, -0.2) is 26.5 Å². The molecule has 6 nitrogen and oxygen atoms in total. The van der Waals surface area contributed by atoms with Crippen LogP contribution in [-0.2, 0) is 4.74 Å². The molecule has 0 radical (unpaired) electrons. The lowest BCUT2D eigenvalue weighted by Gasteiger charge is -2.09. The summed E-state index contributed by atoms with van der Waals surface area (Å²) in [5, 5.41) is 0. The van der Waals surface area contributed by atoms with E-state index < -0.39 is 5.97 Å². The predicted octanol–water partition coefficient (Wildman–Crippen LogP) is 2.68. The van der Waals surface area contributed by atoms with Gasteiger partial charge in [-0.3, -0.25) is 4.79 Å². The second-order valence-electron chi connectivity index (χ2n) is 3.73. The van der Waals surface area contributed by atoms with Gasteiger partial charge in [-0.15, -0.1) is 0 Å². The fourth-order valence-electron chi connectivity index (χ4n) is 1.56. The third-order valence-electron chi connectivity index (χ3n) is 2.52. The molecule has 0 aliphatic heterocycles. The summed E-state index contributed by atoms with van der Waals surface area (Å²) in [4.78, 5) is 22.2. The average Bonchev–Trinajstić information content (AvgIpc) is 2.94. The van der Waals surface area contributed by atoms with Crippen LogP contribution in [0.25, 0.3) is 0 Å². The number of hydrogen-bond acceptors (Lipinski definition) is 6. The number of ether oxygens (including phenoxy) is 3. The number of carbonyl (C=O) groups excluding carboxylic acids is 2. The van der Waals surface area contributed by atoms with Crippen molar-refractivity contribution in [3.05, 3.63) is 41.7 Å². The molecule has 0 bridgehead atoms. The normalized spacial score (nSPS) is 9.90. The number of esters is 1. The first-order valence-electron chi connectivity index (χ1n) is 5.67. The van der Waals surface area contributed by atoms with E-state index in [0.717, 1.165) is 0 Å². The minimum Gasteiger partial charge on any atom is -0.497 e. The van der Waals surface area contributed by atoms with Crippen molar-refractivity contribution in [3.63, 3.8) is 0 Å². The lowest BCUT2D eigenvalue weighted by Crippen LogP contribution is -2.04. The SMILES string of the molecule is COC(=O)c1cc(OC)ccc1Oc1ccc(C=O)o1. The first-order valence-corrected chi connectivity index (χ1v) is 5.67. The van der Waals surface area contributed by atoms with Gasteiger partial charge in [-0.2, -0.15) is 0 Å². The van der Waals surface area contributed by atoms with Gasteiger partial charge in [-0.25, -0.2) is 4.79 Å². The lowest BCUT2D eigenvalue weighted by molar-refractivity contribution is 0.0596. The molecule has 104 valence electrons. The molecule has 1 aromatic carbocycles. The number of aldehydes is 1. The molecular formula is C14H12O6. The molecule has 20 heavy (non-hydrogen) atoms. The molecule has 0 atom stereocenters. The molecule has 1 heterocycles. The maximum atomic E-state index is 11.7. The van der Waals surface area contributed by atoms with Crippen molar-refractivity contribution in [3.8, 4) is 17.4 Å². The Labute approximate surface area is 114 Å². The van der Waals surface area contributed by atoms with Gasteiger partial charge in [0.15, 0.2) is 12.0 Å². The Kier molecular flexibility index (Phi) is 4.05. The van der Waals surface area contributed by atoms with Gasteiger partial charge in [-0.1, -0.05) is 0 Å². The van der Waals surface area contributed by atoms with E-state index in [2.05, 4.69) is 4.74 Å². The van der Waals surface area contributed by atoms with E-state index in [4.69, 9.17) is 13.9 Å². The number of hydrogen-bond donors (Lipinski definition) is 0. The highest BCUT2D eigenvalue weighted by Gasteiger charge is 2.16. The van der Waals surface area contributed by atoms with Gasteiger partial charge in [0.2, 0.25) is 0 Å². The third-order valence-corrected chi connectivity index (χ3v) is 2.52. The summed E-state index contributed by atoms with van der Waals surface area (Å²) in [5.41, 5.74) is 0.191. The summed E-state index contributed by atoms with van der Waals surface area (Å²) < 4.78 is 20.2. The van der Waals surface area contributed by atoms with Gasteiger partial charge < -0.3 is 18.6 Å². The van der Waals surface area contributed by atoms with Crippen LogP contribution in [0.1, 0.15) is 20.9 Å². The maximum absolute atomic E-state index is 11.7. The first-order chi connectivity index (χ1) is 9.67. The van der Waals surface area contributed by atoms with E-state index >= 15 is 0 Å². The number of furan rings is 1. The van der Waals surface area contributed by atoms with Crippen molar-refractivity contribution < 1.29 is 28.2 Å². The Morgan fingerprint density at radius 2 is 2.00 bits per heavy atom. The summed E-state index contributed by atoms with van der Waals surface area (Å²) in [6, 6.07) is 7.61. The van der Waals surface area contributed by atoms with Crippen molar-refractivity contribution in [1.82, 2.24) is 0 Å². The first kappa shape index (κ1) is 13.7. The molecule has 0 aliphatic rings. The highest BCUT2D eigenvalue weighted by Crippen LogP contribution is 2.30. The molecule has 6 heteroatoms. The summed E-state index contributed by atoms with van der Waals surface area (Å²) in [5.74, 6) is 0.395. The Balaban J connectivity index is 2.34. The zero-order valence-corrected chi connectivity index (χ0v) is 10.9. The largest absolute Gasteiger partial charge is 0.497 e. The molecule has 2 aromatic rings. The molecule has 0 saturated carbocycles. The van der Waals surface area contributed by atoms with Crippen LogP contribution < -0.4 is 9.47 Å². The van der Waals surface area contributed by atoms with Crippen molar-refractivity contribution in [2.75, 3.05) is 14.2 Å². The molecule has 0 N–H and O–H groups in total. The highest BCUT2D eigenvalue weighted by atomic mass is 16.6.